The van der Waals surface area contributed by atoms with E-state index >= 15 is 0 Å². The summed E-state index contributed by atoms with van der Waals surface area (Å²) in [7, 11) is 0. The van der Waals surface area contributed by atoms with Crippen LogP contribution in [0.1, 0.15) is 75.8 Å². The molecule has 1 saturated carbocycles. The Hall–Kier alpha value is -2.45. The Morgan fingerprint density at radius 2 is 1.33 bits per heavy atom. The van der Waals surface area contributed by atoms with Crippen molar-refractivity contribution in [2.24, 2.45) is 11.8 Å². The largest absolute Gasteiger partial charge is 0.573 e. The number of halogens is 7. The lowest BCUT2D eigenvalue weighted by Gasteiger charge is -2.28. The number of aryl methyl sites for hydroxylation is 1. The van der Waals surface area contributed by atoms with E-state index in [4.69, 9.17) is 0 Å². The minimum absolute atomic E-state index is 0.0526. The summed E-state index contributed by atoms with van der Waals surface area (Å²) in [5.74, 6) is -4.40. The molecule has 0 bridgehead atoms. The highest BCUT2D eigenvalue weighted by atomic mass is 19.4. The molecule has 0 radical (unpaired) electrons. The Bertz CT molecular complexity index is 942. The van der Waals surface area contributed by atoms with Gasteiger partial charge in [-0.05, 0) is 54.5 Å². The molecule has 0 amide bonds. The molecule has 0 unspecified atom stereocenters. The Kier molecular flexibility index (Phi) is 9.53. The van der Waals surface area contributed by atoms with Gasteiger partial charge in [-0.2, -0.15) is 8.78 Å². The van der Waals surface area contributed by atoms with E-state index in [0.717, 1.165) is 24.3 Å². The number of unbranched alkanes of at least 4 members (excludes halogenated alkanes) is 2. The molecule has 9 heteroatoms. The Morgan fingerprint density at radius 3 is 1.86 bits per heavy atom. The Morgan fingerprint density at radius 1 is 0.778 bits per heavy atom. The molecule has 2 aromatic carbocycles. The van der Waals surface area contributed by atoms with Gasteiger partial charge < -0.3 is 9.47 Å². The fourth-order valence-corrected chi connectivity index (χ4v) is 4.73. The maximum atomic E-state index is 14.5. The van der Waals surface area contributed by atoms with E-state index in [1.54, 1.807) is 12.1 Å². The number of hydrogen-bond acceptors (Lipinski definition) is 2. The number of alkyl halides is 5. The van der Waals surface area contributed by atoms with Gasteiger partial charge in [0.2, 0.25) is 5.75 Å². The van der Waals surface area contributed by atoms with Crippen LogP contribution in [0.15, 0.2) is 36.4 Å². The minimum Gasteiger partial charge on any atom is -0.429 e. The summed E-state index contributed by atoms with van der Waals surface area (Å²) in [5, 5.41) is 0. The first-order chi connectivity index (χ1) is 17.0. The molecule has 36 heavy (non-hydrogen) atoms. The zero-order chi connectivity index (χ0) is 26.3. The summed E-state index contributed by atoms with van der Waals surface area (Å²) in [6.45, 7) is 2.21. The summed E-state index contributed by atoms with van der Waals surface area (Å²) in [6, 6.07) is 6.09. The lowest BCUT2D eigenvalue weighted by Crippen LogP contribution is -2.23. The fourth-order valence-electron chi connectivity index (χ4n) is 4.73. The van der Waals surface area contributed by atoms with Crippen LogP contribution in [0.2, 0.25) is 0 Å². The van der Waals surface area contributed by atoms with Crippen LogP contribution < -0.4 is 9.47 Å². The van der Waals surface area contributed by atoms with E-state index in [1.165, 1.54) is 63.5 Å². The predicted octanol–water partition coefficient (Wildman–Crippen LogP) is 9.31. The normalized spacial score (nSPS) is 18.8. The first-order valence-corrected chi connectivity index (χ1v) is 12.4. The number of ether oxygens (including phenoxy) is 2. The van der Waals surface area contributed by atoms with Crippen LogP contribution in [0.3, 0.4) is 0 Å². The minimum atomic E-state index is -5.38. The maximum absolute atomic E-state index is 14.5. The molecule has 0 aliphatic heterocycles. The molecule has 2 nitrogen and oxygen atoms in total. The molecular formula is C27H31F7O2. The molecule has 200 valence electrons. The van der Waals surface area contributed by atoms with Crippen LogP contribution in [0, 0.1) is 23.5 Å². The first kappa shape index (κ1) is 28.1. The van der Waals surface area contributed by atoms with Gasteiger partial charge in [0.25, 0.3) is 0 Å². The van der Waals surface area contributed by atoms with Crippen molar-refractivity contribution in [1.82, 2.24) is 0 Å². The highest BCUT2D eigenvalue weighted by Crippen LogP contribution is 2.37. The van der Waals surface area contributed by atoms with Crippen LogP contribution in [0.25, 0.3) is 0 Å². The second-order valence-corrected chi connectivity index (χ2v) is 9.50. The smallest absolute Gasteiger partial charge is 0.429 e. The van der Waals surface area contributed by atoms with Crippen molar-refractivity contribution in [1.29, 1.82) is 0 Å². The maximum Gasteiger partial charge on any atom is 0.573 e. The summed E-state index contributed by atoms with van der Waals surface area (Å²) < 4.78 is 101. The van der Waals surface area contributed by atoms with E-state index in [0.29, 0.717) is 5.92 Å². The molecule has 0 atom stereocenters. The SMILES string of the molecule is CCCCCC1CCC(CCc2ccc(OC(F)(F)c3cc(F)c(OC(F)(F)F)c(F)c3)cc2)CC1. The molecule has 0 heterocycles. The molecule has 0 aromatic heterocycles. The number of hydrogen-bond donors (Lipinski definition) is 0. The molecule has 2 aromatic rings. The number of benzene rings is 2. The molecule has 3 rings (SSSR count). The second kappa shape index (κ2) is 12.2. The third-order valence-corrected chi connectivity index (χ3v) is 6.75. The highest BCUT2D eigenvalue weighted by molar-refractivity contribution is 5.34. The van der Waals surface area contributed by atoms with Gasteiger partial charge in [0, 0.05) is 0 Å². The average molecular weight is 521 g/mol. The van der Waals surface area contributed by atoms with Crippen LogP contribution in [0.5, 0.6) is 11.5 Å². The van der Waals surface area contributed by atoms with Crippen molar-refractivity contribution in [3.05, 3.63) is 59.2 Å². The van der Waals surface area contributed by atoms with Gasteiger partial charge in [-0.1, -0.05) is 70.4 Å². The summed E-state index contributed by atoms with van der Waals surface area (Å²) in [6.07, 6.45) is 2.37. The molecule has 0 spiro atoms. The van der Waals surface area contributed by atoms with Gasteiger partial charge in [-0.15, -0.1) is 13.2 Å². The zero-order valence-electron chi connectivity index (χ0n) is 20.2. The van der Waals surface area contributed by atoms with Crippen LogP contribution in [-0.4, -0.2) is 6.36 Å². The van der Waals surface area contributed by atoms with Crippen LogP contribution >= 0.6 is 0 Å². The highest BCUT2D eigenvalue weighted by Gasteiger charge is 2.39. The Balaban J connectivity index is 1.52. The van der Waals surface area contributed by atoms with Crippen molar-refractivity contribution in [2.75, 3.05) is 0 Å². The molecule has 0 N–H and O–H groups in total. The lowest BCUT2D eigenvalue weighted by molar-refractivity contribution is -0.276. The molecular weight excluding hydrogens is 489 g/mol. The van der Waals surface area contributed by atoms with Crippen molar-refractivity contribution in [2.45, 2.75) is 83.6 Å². The quantitative estimate of drug-likeness (QED) is 0.217. The summed E-state index contributed by atoms with van der Waals surface area (Å²) in [5.41, 5.74) is -0.317. The van der Waals surface area contributed by atoms with E-state index < -0.39 is 35.4 Å². The molecule has 1 aliphatic rings. The summed E-state index contributed by atoms with van der Waals surface area (Å²) >= 11 is 0. The van der Waals surface area contributed by atoms with E-state index in [9.17, 15) is 30.7 Å². The molecule has 1 aliphatic carbocycles. The van der Waals surface area contributed by atoms with Crippen LogP contribution in [-0.2, 0) is 12.5 Å². The topological polar surface area (TPSA) is 18.5 Å². The van der Waals surface area contributed by atoms with Crippen molar-refractivity contribution in [3.63, 3.8) is 0 Å². The molecule has 0 saturated heterocycles. The van der Waals surface area contributed by atoms with Crippen LogP contribution in [0.4, 0.5) is 30.7 Å². The van der Waals surface area contributed by atoms with Gasteiger partial charge in [0.15, 0.2) is 11.6 Å². The summed E-state index contributed by atoms with van der Waals surface area (Å²) in [4.78, 5) is 0. The van der Waals surface area contributed by atoms with Crippen molar-refractivity contribution in [3.8, 4) is 11.5 Å². The van der Waals surface area contributed by atoms with E-state index in [2.05, 4.69) is 16.4 Å². The van der Waals surface area contributed by atoms with Gasteiger partial charge in [-0.25, -0.2) is 8.78 Å². The van der Waals surface area contributed by atoms with Gasteiger partial charge >= 0.3 is 12.5 Å². The van der Waals surface area contributed by atoms with Gasteiger partial charge in [0.1, 0.15) is 5.75 Å². The third kappa shape index (κ3) is 8.30. The standard InChI is InChI=1S/C27H31F7O2/c1-2-3-4-5-18-6-8-19(9-7-18)10-11-20-12-14-22(15-13-20)35-26(30,31)21-16-23(28)25(24(29)17-21)36-27(32,33)34/h12-19H,2-11H2,1H3. The van der Waals surface area contributed by atoms with Crippen molar-refractivity contribution < 1.29 is 40.2 Å². The van der Waals surface area contributed by atoms with E-state index in [1.807, 2.05) is 0 Å². The van der Waals surface area contributed by atoms with Crippen molar-refractivity contribution >= 4 is 0 Å². The molecule has 1 fully saturated rings. The van der Waals surface area contributed by atoms with Gasteiger partial charge in [-0.3, -0.25) is 0 Å². The lowest BCUT2D eigenvalue weighted by atomic mass is 9.78. The average Bonchev–Trinajstić information content (AvgIpc) is 2.81. The first-order valence-electron chi connectivity index (χ1n) is 12.4. The zero-order valence-corrected chi connectivity index (χ0v) is 20.2. The second-order valence-electron chi connectivity index (χ2n) is 9.50. The number of rotatable bonds is 11. The predicted molar refractivity (Wildman–Crippen MR) is 122 cm³/mol. The van der Waals surface area contributed by atoms with Gasteiger partial charge in [0.05, 0.1) is 5.56 Å². The van der Waals surface area contributed by atoms with E-state index in [-0.39, 0.29) is 17.9 Å². The fraction of sp³-hybridized carbons (Fsp3) is 0.556. The Labute approximate surface area is 206 Å². The monoisotopic (exact) mass is 520 g/mol. The third-order valence-electron chi connectivity index (χ3n) is 6.75.